The number of nitrogens with zero attached hydrogens (tertiary/aromatic N) is 3. The molecule has 0 spiro atoms. The summed E-state index contributed by atoms with van der Waals surface area (Å²) in [6.07, 6.45) is -0.509. The Bertz CT molecular complexity index is 3040. The molecule has 0 atom stereocenters. The number of Topliss-reactive ketones (excluding diaryl/α,β-unsaturated/α-hetero) is 2. The molecule has 0 aliphatic carbocycles. The molecular weight excluding hydrogens is 1010 g/mol. The molecule has 7 rings (SSSR count). The van der Waals surface area contributed by atoms with Gasteiger partial charge in [-0.3, -0.25) is 54.3 Å². The number of anilines is 3. The zero-order valence-electron chi connectivity index (χ0n) is 38.0. The van der Waals surface area contributed by atoms with Gasteiger partial charge in [0.15, 0.2) is 0 Å². The topological polar surface area (TPSA) is 319 Å². The second kappa shape index (κ2) is 28.2. The van der Waals surface area contributed by atoms with Gasteiger partial charge in [-0.25, -0.2) is 17.6 Å². The number of nitrogens with one attached hydrogen (secondary N) is 1. The number of aliphatic carboxylic acids is 2. The molecule has 0 saturated heterocycles. The molecule has 1 aliphatic rings. The molecule has 7 N–H and O–H groups in total. The van der Waals surface area contributed by atoms with Crippen LogP contribution in [0.25, 0.3) is 0 Å². The van der Waals surface area contributed by atoms with Crippen molar-refractivity contribution in [3.8, 4) is 0 Å². The fraction of sp³-hybridized carbons (Fsp3) is 0.128. The average molecular weight is 1050 g/mol. The summed E-state index contributed by atoms with van der Waals surface area (Å²) in [6.45, 7) is 2.28. The van der Waals surface area contributed by atoms with E-state index in [0.717, 1.165) is 61.9 Å². The maximum atomic E-state index is 13.3. The lowest BCUT2D eigenvalue weighted by atomic mass is 9.90. The highest BCUT2D eigenvalue weighted by Crippen LogP contribution is 2.31. The predicted molar refractivity (Wildman–Crippen MR) is 246 cm³/mol. The fourth-order valence-electron chi connectivity index (χ4n) is 6.04. The maximum Gasteiger partial charge on any atom is 0.340 e. The van der Waals surface area contributed by atoms with Crippen LogP contribution in [0.15, 0.2) is 109 Å². The third-order valence-corrected chi connectivity index (χ3v) is 9.24. The summed E-state index contributed by atoms with van der Waals surface area (Å²) in [5.41, 5.74) is 8.09. The van der Waals surface area contributed by atoms with Gasteiger partial charge in [-0.15, -0.1) is 0 Å². The summed E-state index contributed by atoms with van der Waals surface area (Å²) < 4.78 is 101. The largest absolute Gasteiger partial charge is 0.481 e. The number of carbonyl (C=O) groups excluding carboxylic acids is 3. The van der Waals surface area contributed by atoms with Crippen LogP contribution in [0, 0.1) is 76.9 Å². The average Bonchev–Trinajstić information content (AvgIpc) is 3.69. The minimum Gasteiger partial charge on any atom is -0.481 e. The second-order valence-electron chi connectivity index (χ2n) is 14.5. The van der Waals surface area contributed by atoms with Crippen molar-refractivity contribution < 1.29 is 84.1 Å². The number of nitro benzene ring substituents is 3. The maximum absolute atomic E-state index is 13.3. The number of carboxylic acid groups (broad SMARTS) is 2. The first-order valence-electron chi connectivity index (χ1n) is 20.3. The van der Waals surface area contributed by atoms with E-state index in [2.05, 4.69) is 5.32 Å². The molecule has 0 radical (unpaired) electrons. The number of rotatable bonds is 10. The number of ketones is 2. The molecule has 390 valence electrons. The standard InChI is InChI=1S/C11H10FNO4.C8H6FNO4.C8H8FNO2.C8H6FNO.C6H3F2NO2.C6H5F2N/c1-6(14)10(7(2)15)8-4-3-5-9(12)11(8)13(16)17;9-6-3-1-2-5(4-7(11)12)8(6)10(13)14;9-6-3-1-2-5(8(6)10)4-7(11)12;9-6-3-1-2-5-4-7(11)10-8(5)6;7-4-2-1-3-5(8)6(4)9(10)11;7-4-2-1-3-5(8)6(4)9/h3-5,10H,1-2H3;1-3H,4H2,(H,11,12);1-3H,4,10H2,(H,11,12);1-3H,4H2,(H,10,11);1-3H;1-3H,9H2. The minimum atomic E-state index is -1.29. The van der Waals surface area contributed by atoms with Crippen molar-refractivity contribution in [1.82, 2.24) is 0 Å². The first kappa shape index (κ1) is 60.4. The van der Waals surface area contributed by atoms with Crippen LogP contribution in [0.5, 0.6) is 0 Å². The van der Waals surface area contributed by atoms with Gasteiger partial charge in [0.2, 0.25) is 29.2 Å². The summed E-state index contributed by atoms with van der Waals surface area (Å²) in [6, 6.07) is 21.8. The molecule has 1 aliphatic heterocycles. The van der Waals surface area contributed by atoms with Gasteiger partial charge in [0.25, 0.3) is 0 Å². The van der Waals surface area contributed by atoms with Crippen LogP contribution in [-0.2, 0) is 43.2 Å². The smallest absolute Gasteiger partial charge is 0.340 e. The first-order valence-corrected chi connectivity index (χ1v) is 20.3. The summed E-state index contributed by atoms with van der Waals surface area (Å²) in [4.78, 5) is 82.1. The summed E-state index contributed by atoms with van der Waals surface area (Å²) >= 11 is 0. The Morgan fingerprint density at radius 1 is 0.527 bits per heavy atom. The van der Waals surface area contributed by atoms with Gasteiger partial charge >= 0.3 is 29.0 Å². The highest BCUT2D eigenvalue weighted by Gasteiger charge is 2.31. The van der Waals surface area contributed by atoms with Crippen molar-refractivity contribution in [2.75, 3.05) is 16.8 Å². The Hall–Kier alpha value is -9.69. The van der Waals surface area contributed by atoms with Gasteiger partial charge in [-0.1, -0.05) is 60.7 Å². The molecule has 1 heterocycles. The third kappa shape index (κ3) is 17.9. The zero-order valence-corrected chi connectivity index (χ0v) is 38.0. The first-order chi connectivity index (χ1) is 34.6. The molecule has 6 aromatic carbocycles. The van der Waals surface area contributed by atoms with Gasteiger partial charge < -0.3 is 27.0 Å². The number of fused-ring (bicyclic) bond motifs is 1. The molecule has 27 heteroatoms. The van der Waals surface area contributed by atoms with E-state index in [1.807, 2.05) is 0 Å². The summed E-state index contributed by atoms with van der Waals surface area (Å²) in [5, 5.41) is 50.4. The van der Waals surface area contributed by atoms with Crippen LogP contribution in [-0.4, -0.2) is 54.4 Å². The van der Waals surface area contributed by atoms with Gasteiger partial charge in [-0.05, 0) is 73.5 Å². The lowest BCUT2D eigenvalue weighted by Crippen LogP contribution is -2.18. The monoisotopic (exact) mass is 1050 g/mol. The molecule has 1 amide bonds. The molecule has 19 nitrogen and oxygen atoms in total. The van der Waals surface area contributed by atoms with Crippen molar-refractivity contribution >= 4 is 63.5 Å². The normalized spacial score (nSPS) is 10.6. The molecule has 74 heavy (non-hydrogen) atoms. The van der Waals surface area contributed by atoms with Gasteiger partial charge in [0.1, 0.15) is 46.4 Å². The van der Waals surface area contributed by atoms with Crippen molar-refractivity contribution in [1.29, 1.82) is 0 Å². The van der Waals surface area contributed by atoms with Gasteiger partial charge in [-0.2, -0.15) is 17.6 Å². The number of para-hydroxylation sites is 6. The Labute approximate surface area is 411 Å². The van der Waals surface area contributed by atoms with Crippen molar-refractivity contribution in [2.24, 2.45) is 0 Å². The van der Waals surface area contributed by atoms with E-state index in [0.29, 0.717) is 17.7 Å². The highest BCUT2D eigenvalue weighted by molar-refractivity contribution is 6.06. The second-order valence-corrected chi connectivity index (χ2v) is 14.5. The van der Waals surface area contributed by atoms with Gasteiger partial charge in [0, 0.05) is 5.56 Å². The van der Waals surface area contributed by atoms with Crippen molar-refractivity contribution in [3.05, 3.63) is 208 Å². The Morgan fingerprint density at radius 3 is 1.28 bits per heavy atom. The van der Waals surface area contributed by atoms with Crippen LogP contribution < -0.4 is 16.8 Å². The van der Waals surface area contributed by atoms with E-state index in [4.69, 9.17) is 21.7 Å². The third-order valence-electron chi connectivity index (χ3n) is 9.24. The van der Waals surface area contributed by atoms with Gasteiger partial charge in [0.05, 0.1) is 51.0 Å². The molecule has 0 unspecified atom stereocenters. The lowest BCUT2D eigenvalue weighted by Gasteiger charge is -2.10. The minimum absolute atomic E-state index is 0.0834. The van der Waals surface area contributed by atoms with E-state index in [-0.39, 0.29) is 35.0 Å². The van der Waals surface area contributed by atoms with E-state index < -0.39 is 114 Å². The quantitative estimate of drug-likeness (QED) is 0.0281. The number of nitrogen functional groups attached to an aromatic ring is 2. The Balaban J connectivity index is 0.000000307. The summed E-state index contributed by atoms with van der Waals surface area (Å²) in [5.74, 6) is -11.5. The SMILES string of the molecule is CC(=O)C(C(C)=O)c1cccc(F)c1[N+](=O)[O-].Nc1c(F)cccc1CC(=O)O.Nc1c(F)cccc1F.O=C(O)Cc1cccc(F)c1[N+](=O)[O-].O=C1Cc2cccc(F)c2N1.O=[N+]([O-])c1c(F)cccc1F. The van der Waals surface area contributed by atoms with E-state index in [1.54, 1.807) is 12.1 Å². The van der Waals surface area contributed by atoms with Crippen LogP contribution in [0.4, 0.5) is 69.2 Å². The van der Waals surface area contributed by atoms with Crippen LogP contribution in [0.1, 0.15) is 42.0 Å². The molecule has 6 aromatic rings. The number of benzene rings is 6. The van der Waals surface area contributed by atoms with Crippen LogP contribution >= 0.6 is 0 Å². The fourth-order valence-corrected chi connectivity index (χ4v) is 6.04. The zero-order chi connectivity index (χ0) is 56.1. The van der Waals surface area contributed by atoms with Crippen molar-refractivity contribution in [3.63, 3.8) is 0 Å². The van der Waals surface area contributed by atoms with E-state index >= 15 is 0 Å². The predicted octanol–water partition coefficient (Wildman–Crippen LogP) is 9.13. The molecule has 0 fully saturated rings. The Kier molecular flexibility index (Phi) is 23.1. The number of nitrogens with two attached hydrogens (primary N) is 2. The Morgan fingerprint density at radius 2 is 0.878 bits per heavy atom. The molecule has 0 saturated carbocycles. The number of hydrogen-bond donors (Lipinski definition) is 5. The molecule has 0 aromatic heterocycles. The van der Waals surface area contributed by atoms with E-state index in [9.17, 15) is 89.4 Å². The summed E-state index contributed by atoms with van der Waals surface area (Å²) in [7, 11) is 0. The number of nitro groups is 3. The number of hydrogen-bond acceptors (Lipinski definition) is 13. The molecule has 0 bridgehead atoms. The lowest BCUT2D eigenvalue weighted by molar-refractivity contribution is -0.390. The van der Waals surface area contributed by atoms with Crippen molar-refractivity contribution in [2.45, 2.75) is 39.0 Å². The number of amides is 1. The number of halogens is 8. The van der Waals surface area contributed by atoms with Crippen LogP contribution in [0.3, 0.4) is 0 Å². The molecular formula is C47H38F8N6O13. The van der Waals surface area contributed by atoms with Crippen LogP contribution in [0.2, 0.25) is 0 Å². The number of carboxylic acids is 2. The van der Waals surface area contributed by atoms with E-state index in [1.165, 1.54) is 54.6 Å². The number of carbonyl (C=O) groups is 5. The highest BCUT2D eigenvalue weighted by atomic mass is 19.2.